The van der Waals surface area contributed by atoms with Crippen LogP contribution in [0.15, 0.2) is 34.3 Å². The molecule has 4 heterocycles. The number of carbonyl (C=O) groups excluding carboxylic acids is 2. The number of nitrogens with zero attached hydrogens (tertiary/aromatic N) is 2. The summed E-state index contributed by atoms with van der Waals surface area (Å²) < 4.78 is 0. The average Bonchev–Trinajstić information content (AvgIpc) is 3.35. The first-order valence-electron chi connectivity index (χ1n) is 7.60. The Balaban J connectivity index is 1.42. The molecule has 0 fully saturated rings. The number of nitrogens with one attached hydrogen (secondary N) is 2. The molecular formula is C16H14N4O2S3. The van der Waals surface area contributed by atoms with Gasteiger partial charge in [-0.25, -0.2) is 9.78 Å². The quantitative estimate of drug-likeness (QED) is 0.707. The van der Waals surface area contributed by atoms with Gasteiger partial charge in [0.25, 0.3) is 5.91 Å². The number of carbonyl (C=O) groups is 2. The van der Waals surface area contributed by atoms with Crippen LogP contribution < -0.4 is 10.6 Å². The summed E-state index contributed by atoms with van der Waals surface area (Å²) in [6, 6.07) is 5.46. The molecule has 9 heteroatoms. The maximum absolute atomic E-state index is 12.4. The third-order valence-electron chi connectivity index (χ3n) is 3.77. The van der Waals surface area contributed by atoms with E-state index in [1.165, 1.54) is 34.0 Å². The molecule has 128 valence electrons. The predicted molar refractivity (Wildman–Crippen MR) is 102 cm³/mol. The molecule has 0 aromatic carbocycles. The molecule has 1 aliphatic rings. The standard InChI is InChI=1S/C16H14N4O2S3/c21-14(10-4-7-23-9-10)19-15-17-11-3-5-20(8-12(11)25-15)16(22)18-13-2-1-6-24-13/h1-2,4,6-7,9H,3,5,8H2,(H,18,22)(H,17,19,21). The predicted octanol–water partition coefficient (Wildman–Crippen LogP) is 4.11. The number of thiophene rings is 2. The van der Waals surface area contributed by atoms with E-state index in [1.54, 1.807) is 16.3 Å². The van der Waals surface area contributed by atoms with Gasteiger partial charge in [-0.2, -0.15) is 11.3 Å². The molecule has 0 bridgehead atoms. The summed E-state index contributed by atoms with van der Waals surface area (Å²) in [6.07, 6.45) is 0.692. The first kappa shape index (κ1) is 16.2. The number of aromatic nitrogens is 1. The van der Waals surface area contributed by atoms with Crippen molar-refractivity contribution in [3.8, 4) is 0 Å². The fraction of sp³-hybridized carbons (Fsp3) is 0.188. The Morgan fingerprint density at radius 2 is 2.12 bits per heavy atom. The molecule has 6 nitrogen and oxygen atoms in total. The van der Waals surface area contributed by atoms with E-state index in [4.69, 9.17) is 0 Å². The maximum Gasteiger partial charge on any atom is 0.322 e. The van der Waals surface area contributed by atoms with Gasteiger partial charge in [-0.3, -0.25) is 15.4 Å². The van der Waals surface area contributed by atoms with Gasteiger partial charge >= 0.3 is 6.03 Å². The minimum Gasteiger partial charge on any atom is -0.319 e. The van der Waals surface area contributed by atoms with E-state index in [0.717, 1.165) is 15.6 Å². The molecule has 0 aliphatic carbocycles. The summed E-state index contributed by atoms with van der Waals surface area (Å²) in [7, 11) is 0. The minimum atomic E-state index is -0.153. The van der Waals surface area contributed by atoms with Crippen LogP contribution in [0.2, 0.25) is 0 Å². The number of fused-ring (bicyclic) bond motifs is 1. The van der Waals surface area contributed by atoms with Crippen LogP contribution in [0, 0.1) is 0 Å². The van der Waals surface area contributed by atoms with Gasteiger partial charge in [0.05, 0.1) is 22.8 Å². The van der Waals surface area contributed by atoms with Crippen LogP contribution >= 0.6 is 34.0 Å². The molecular weight excluding hydrogens is 376 g/mol. The highest BCUT2D eigenvalue weighted by atomic mass is 32.1. The van der Waals surface area contributed by atoms with E-state index in [9.17, 15) is 9.59 Å². The molecule has 25 heavy (non-hydrogen) atoms. The van der Waals surface area contributed by atoms with Crippen molar-refractivity contribution in [2.75, 3.05) is 17.2 Å². The molecule has 0 atom stereocenters. The molecule has 4 rings (SSSR count). The number of thiazole rings is 1. The number of hydrogen-bond donors (Lipinski definition) is 2. The lowest BCUT2D eigenvalue weighted by atomic mass is 10.2. The summed E-state index contributed by atoms with van der Waals surface area (Å²) in [5.41, 5.74) is 1.60. The van der Waals surface area contributed by atoms with Crippen molar-refractivity contribution in [1.82, 2.24) is 9.88 Å². The lowest BCUT2D eigenvalue weighted by Gasteiger charge is -2.25. The van der Waals surface area contributed by atoms with Crippen molar-refractivity contribution in [2.24, 2.45) is 0 Å². The largest absolute Gasteiger partial charge is 0.322 e. The second-order valence-electron chi connectivity index (χ2n) is 5.43. The molecule has 1 aliphatic heterocycles. The highest BCUT2D eigenvalue weighted by Gasteiger charge is 2.25. The Morgan fingerprint density at radius 3 is 2.88 bits per heavy atom. The normalized spacial score (nSPS) is 13.4. The van der Waals surface area contributed by atoms with Crippen LogP contribution in [0.25, 0.3) is 0 Å². The van der Waals surface area contributed by atoms with Gasteiger partial charge in [0.1, 0.15) is 0 Å². The van der Waals surface area contributed by atoms with Gasteiger partial charge in [-0.05, 0) is 29.0 Å². The first-order valence-corrected chi connectivity index (χ1v) is 10.2. The van der Waals surface area contributed by atoms with Gasteiger partial charge in [-0.15, -0.1) is 11.3 Å². The van der Waals surface area contributed by atoms with E-state index in [0.29, 0.717) is 30.2 Å². The third-order valence-corrected chi connectivity index (χ3v) is 6.24. The topological polar surface area (TPSA) is 74.3 Å². The molecule has 3 aromatic rings. The molecule has 0 unspecified atom stereocenters. The lowest BCUT2D eigenvalue weighted by molar-refractivity contribution is 0.102. The van der Waals surface area contributed by atoms with Gasteiger partial charge < -0.3 is 4.90 Å². The van der Waals surface area contributed by atoms with Crippen molar-refractivity contribution in [1.29, 1.82) is 0 Å². The van der Waals surface area contributed by atoms with Gasteiger partial charge in [-0.1, -0.05) is 11.3 Å². The summed E-state index contributed by atoms with van der Waals surface area (Å²) in [5.74, 6) is -0.153. The Kier molecular flexibility index (Phi) is 4.51. The molecule has 3 amide bonds. The second-order valence-corrected chi connectivity index (χ2v) is 8.25. The first-order chi connectivity index (χ1) is 12.2. The van der Waals surface area contributed by atoms with Crippen LogP contribution in [0.4, 0.5) is 14.9 Å². The van der Waals surface area contributed by atoms with Gasteiger partial charge in [0, 0.05) is 23.2 Å². The summed E-state index contributed by atoms with van der Waals surface area (Å²) in [6.45, 7) is 1.13. The van der Waals surface area contributed by atoms with E-state index < -0.39 is 0 Å². The third kappa shape index (κ3) is 3.58. The number of urea groups is 1. The van der Waals surface area contributed by atoms with E-state index in [2.05, 4.69) is 15.6 Å². The summed E-state index contributed by atoms with van der Waals surface area (Å²) in [5, 5.41) is 12.8. The van der Waals surface area contributed by atoms with Crippen molar-refractivity contribution >= 4 is 56.1 Å². The lowest BCUT2D eigenvalue weighted by Crippen LogP contribution is -2.38. The smallest absolute Gasteiger partial charge is 0.319 e. The fourth-order valence-electron chi connectivity index (χ4n) is 2.52. The van der Waals surface area contributed by atoms with E-state index in [-0.39, 0.29) is 11.9 Å². The van der Waals surface area contributed by atoms with Crippen LogP contribution in [-0.4, -0.2) is 28.4 Å². The van der Waals surface area contributed by atoms with Crippen molar-refractivity contribution in [3.05, 3.63) is 50.5 Å². The van der Waals surface area contributed by atoms with Crippen LogP contribution in [0.3, 0.4) is 0 Å². The molecule has 2 N–H and O–H groups in total. The SMILES string of the molecule is O=C(Nc1nc2c(s1)CN(C(=O)Nc1cccs1)CC2)c1ccsc1. The Hall–Kier alpha value is -2.23. The molecule has 0 spiro atoms. The zero-order chi connectivity index (χ0) is 17.2. The number of anilines is 2. The van der Waals surface area contributed by atoms with Crippen LogP contribution in [-0.2, 0) is 13.0 Å². The second kappa shape index (κ2) is 6.95. The van der Waals surface area contributed by atoms with Crippen LogP contribution in [0.5, 0.6) is 0 Å². The number of rotatable bonds is 3. The van der Waals surface area contributed by atoms with Gasteiger partial charge in [0.2, 0.25) is 0 Å². The fourth-order valence-corrected chi connectivity index (χ4v) is 4.78. The Morgan fingerprint density at radius 1 is 1.20 bits per heavy atom. The average molecular weight is 391 g/mol. The Bertz CT molecular complexity index is 887. The summed E-state index contributed by atoms with van der Waals surface area (Å²) in [4.78, 5) is 31.8. The van der Waals surface area contributed by atoms with Crippen molar-refractivity contribution in [3.63, 3.8) is 0 Å². The minimum absolute atomic E-state index is 0.106. The number of amides is 3. The maximum atomic E-state index is 12.4. The van der Waals surface area contributed by atoms with Gasteiger partial charge in [0.15, 0.2) is 5.13 Å². The Labute approximate surface area is 156 Å². The molecule has 3 aromatic heterocycles. The number of hydrogen-bond acceptors (Lipinski definition) is 6. The van der Waals surface area contributed by atoms with Crippen LogP contribution in [0.1, 0.15) is 20.9 Å². The summed E-state index contributed by atoms with van der Waals surface area (Å²) >= 11 is 4.41. The van der Waals surface area contributed by atoms with Crippen molar-refractivity contribution < 1.29 is 9.59 Å². The monoisotopic (exact) mass is 390 g/mol. The highest BCUT2D eigenvalue weighted by molar-refractivity contribution is 7.16. The molecule has 0 saturated carbocycles. The zero-order valence-corrected chi connectivity index (χ0v) is 15.5. The van der Waals surface area contributed by atoms with Crippen molar-refractivity contribution in [2.45, 2.75) is 13.0 Å². The molecule has 0 radical (unpaired) electrons. The van der Waals surface area contributed by atoms with E-state index >= 15 is 0 Å². The molecule has 0 saturated heterocycles. The highest BCUT2D eigenvalue weighted by Crippen LogP contribution is 2.29. The zero-order valence-electron chi connectivity index (χ0n) is 13.0. The van der Waals surface area contributed by atoms with E-state index in [1.807, 2.05) is 22.9 Å².